The van der Waals surface area contributed by atoms with Crippen LogP contribution in [0.3, 0.4) is 0 Å². The Labute approximate surface area is 136 Å². The van der Waals surface area contributed by atoms with Crippen LogP contribution in [0.25, 0.3) is 0 Å². The fourth-order valence-electron chi connectivity index (χ4n) is 1.82. The Morgan fingerprint density at radius 2 is 1.71 bits per heavy atom. The van der Waals surface area contributed by atoms with E-state index in [1.165, 1.54) is 36.4 Å². The summed E-state index contributed by atoms with van der Waals surface area (Å²) < 4.78 is 4.78. The third-order valence-electron chi connectivity index (χ3n) is 2.99. The largest absolute Gasteiger partial charge is 0.508 e. The highest BCUT2D eigenvalue weighted by Gasteiger charge is 2.15. The molecule has 0 aliphatic rings. The minimum Gasteiger partial charge on any atom is -0.508 e. The van der Waals surface area contributed by atoms with Gasteiger partial charge in [-0.1, -0.05) is 0 Å². The molecule has 0 saturated carbocycles. The molecule has 0 aliphatic heterocycles. The number of phenols is 2. The Bertz CT molecular complexity index is 786. The Morgan fingerprint density at radius 1 is 1.04 bits per heavy atom. The first-order valence-corrected chi connectivity index (χ1v) is 6.75. The van der Waals surface area contributed by atoms with Gasteiger partial charge in [-0.3, -0.25) is 9.59 Å². The molecule has 2 aromatic carbocycles. The molecule has 8 heteroatoms. The second-order valence-corrected chi connectivity index (χ2v) is 4.77. The van der Waals surface area contributed by atoms with Crippen LogP contribution in [0.4, 0.5) is 5.69 Å². The molecule has 0 spiro atoms. The van der Waals surface area contributed by atoms with Crippen LogP contribution < -0.4 is 11.1 Å². The van der Waals surface area contributed by atoms with Crippen LogP contribution in [0.15, 0.2) is 42.5 Å². The zero-order valence-corrected chi connectivity index (χ0v) is 12.4. The van der Waals surface area contributed by atoms with Crippen LogP contribution in [0.1, 0.15) is 20.7 Å². The van der Waals surface area contributed by atoms with Gasteiger partial charge in [0.25, 0.3) is 5.91 Å². The summed E-state index contributed by atoms with van der Waals surface area (Å²) in [7, 11) is 0. The maximum absolute atomic E-state index is 11.8. The zero-order valence-electron chi connectivity index (χ0n) is 12.4. The molecule has 0 unspecified atom stereocenters. The Morgan fingerprint density at radius 3 is 2.29 bits per heavy atom. The predicted molar refractivity (Wildman–Crippen MR) is 83.6 cm³/mol. The van der Waals surface area contributed by atoms with E-state index < -0.39 is 30.1 Å². The van der Waals surface area contributed by atoms with E-state index in [-0.39, 0.29) is 11.3 Å². The number of nitrogens with two attached hydrogens (primary N) is 1. The molecule has 0 heterocycles. The smallest absolute Gasteiger partial charge is 0.342 e. The van der Waals surface area contributed by atoms with E-state index in [0.29, 0.717) is 11.3 Å². The van der Waals surface area contributed by atoms with E-state index in [1.807, 2.05) is 0 Å². The average molecular weight is 330 g/mol. The van der Waals surface area contributed by atoms with Crippen LogP contribution in [0, 0.1) is 0 Å². The van der Waals surface area contributed by atoms with Crippen LogP contribution in [0.2, 0.25) is 0 Å². The fourth-order valence-corrected chi connectivity index (χ4v) is 1.82. The van der Waals surface area contributed by atoms with Crippen molar-refractivity contribution in [3.63, 3.8) is 0 Å². The molecule has 2 aromatic rings. The number of rotatable bonds is 5. The lowest BCUT2D eigenvalue weighted by Gasteiger charge is -2.08. The highest BCUT2D eigenvalue weighted by molar-refractivity contribution is 5.97. The molecule has 8 nitrogen and oxygen atoms in total. The minimum absolute atomic E-state index is 0.175. The molecular formula is C16H14N2O6. The molecule has 0 bridgehead atoms. The number of carbonyl (C=O) groups excluding carboxylic acids is 3. The molecule has 124 valence electrons. The molecule has 0 atom stereocenters. The lowest BCUT2D eigenvalue weighted by molar-refractivity contribution is -0.119. The number of anilines is 1. The summed E-state index contributed by atoms with van der Waals surface area (Å²) in [6.07, 6.45) is 0. The molecule has 2 amide bonds. The Hall–Kier alpha value is -3.55. The summed E-state index contributed by atoms with van der Waals surface area (Å²) in [6, 6.07) is 9.20. The third kappa shape index (κ3) is 4.23. The standard InChI is InChI=1S/C16H14N2O6/c17-15(22)9-1-3-10(4-2-9)18-14(21)8-24-16(23)12-6-5-11(19)7-13(12)20/h1-7,19-20H,8H2,(H2,17,22)(H,18,21). The minimum atomic E-state index is -0.910. The second-order valence-electron chi connectivity index (χ2n) is 4.77. The van der Waals surface area contributed by atoms with Gasteiger partial charge < -0.3 is 26.0 Å². The number of nitrogens with one attached hydrogen (secondary N) is 1. The zero-order chi connectivity index (χ0) is 17.7. The van der Waals surface area contributed by atoms with Gasteiger partial charge in [-0.15, -0.1) is 0 Å². The van der Waals surface area contributed by atoms with E-state index in [0.717, 1.165) is 6.07 Å². The number of phenolic OH excluding ortho intramolecular Hbond substituents is 2. The first-order chi connectivity index (χ1) is 11.4. The summed E-state index contributed by atoms with van der Waals surface area (Å²) in [6.45, 7) is -0.573. The van der Waals surface area contributed by atoms with Crippen LogP contribution in [0.5, 0.6) is 11.5 Å². The monoisotopic (exact) mass is 330 g/mol. The first-order valence-electron chi connectivity index (χ1n) is 6.75. The van der Waals surface area contributed by atoms with Crippen molar-refractivity contribution in [3.8, 4) is 11.5 Å². The summed E-state index contributed by atoms with van der Waals surface area (Å²) in [5, 5.41) is 21.2. The lowest BCUT2D eigenvalue weighted by atomic mass is 10.2. The van der Waals surface area contributed by atoms with Crippen molar-refractivity contribution >= 4 is 23.5 Å². The van der Waals surface area contributed by atoms with Gasteiger partial charge in [-0.25, -0.2) is 4.79 Å². The van der Waals surface area contributed by atoms with E-state index in [1.54, 1.807) is 0 Å². The Kier molecular flexibility index (Phi) is 5.00. The summed E-state index contributed by atoms with van der Waals surface area (Å²) >= 11 is 0. The highest BCUT2D eigenvalue weighted by atomic mass is 16.5. The Balaban J connectivity index is 1.90. The molecular weight excluding hydrogens is 316 g/mol. The van der Waals surface area contributed by atoms with Crippen molar-refractivity contribution in [2.45, 2.75) is 0 Å². The van der Waals surface area contributed by atoms with Gasteiger partial charge in [0, 0.05) is 17.3 Å². The number of amides is 2. The number of ether oxygens (including phenoxy) is 1. The van der Waals surface area contributed by atoms with Gasteiger partial charge in [-0.2, -0.15) is 0 Å². The maximum Gasteiger partial charge on any atom is 0.342 e. The molecule has 0 aliphatic carbocycles. The van der Waals surface area contributed by atoms with E-state index >= 15 is 0 Å². The van der Waals surface area contributed by atoms with Gasteiger partial charge in [0.2, 0.25) is 5.91 Å². The van der Waals surface area contributed by atoms with Crippen molar-refractivity contribution in [2.75, 3.05) is 11.9 Å². The maximum atomic E-state index is 11.8. The quantitative estimate of drug-likeness (QED) is 0.603. The lowest BCUT2D eigenvalue weighted by Crippen LogP contribution is -2.21. The fraction of sp³-hybridized carbons (Fsp3) is 0.0625. The van der Waals surface area contributed by atoms with Crippen molar-refractivity contribution in [3.05, 3.63) is 53.6 Å². The molecule has 0 radical (unpaired) electrons. The molecule has 5 N–H and O–H groups in total. The SMILES string of the molecule is NC(=O)c1ccc(NC(=O)COC(=O)c2ccc(O)cc2O)cc1. The van der Waals surface area contributed by atoms with Crippen molar-refractivity contribution < 1.29 is 29.3 Å². The van der Waals surface area contributed by atoms with Gasteiger partial charge in [-0.05, 0) is 36.4 Å². The molecule has 0 aromatic heterocycles. The summed E-state index contributed by atoms with van der Waals surface area (Å²) in [5.74, 6) is -2.76. The van der Waals surface area contributed by atoms with Crippen LogP contribution in [-0.2, 0) is 9.53 Å². The number of hydrogen-bond acceptors (Lipinski definition) is 6. The summed E-state index contributed by atoms with van der Waals surface area (Å²) in [4.78, 5) is 34.4. The molecule has 24 heavy (non-hydrogen) atoms. The van der Waals surface area contributed by atoms with Gasteiger partial charge in [0.1, 0.15) is 17.1 Å². The number of hydrogen-bond donors (Lipinski definition) is 4. The summed E-state index contributed by atoms with van der Waals surface area (Å²) in [5.41, 5.74) is 5.62. The van der Waals surface area contributed by atoms with E-state index in [2.05, 4.69) is 5.32 Å². The van der Waals surface area contributed by atoms with Crippen molar-refractivity contribution in [1.29, 1.82) is 0 Å². The number of primary amides is 1. The van der Waals surface area contributed by atoms with E-state index in [4.69, 9.17) is 15.6 Å². The normalized spacial score (nSPS) is 10.0. The highest BCUT2D eigenvalue weighted by Crippen LogP contribution is 2.23. The van der Waals surface area contributed by atoms with Crippen LogP contribution in [-0.4, -0.2) is 34.6 Å². The number of esters is 1. The number of carbonyl (C=O) groups is 3. The number of aromatic hydroxyl groups is 2. The molecule has 2 rings (SSSR count). The van der Waals surface area contributed by atoms with Crippen LogP contribution >= 0.6 is 0 Å². The van der Waals surface area contributed by atoms with Crippen molar-refractivity contribution in [2.24, 2.45) is 5.73 Å². The van der Waals surface area contributed by atoms with Gasteiger partial charge >= 0.3 is 5.97 Å². The number of benzene rings is 2. The van der Waals surface area contributed by atoms with E-state index in [9.17, 15) is 19.5 Å². The third-order valence-corrected chi connectivity index (χ3v) is 2.99. The van der Waals surface area contributed by atoms with Gasteiger partial charge in [0.05, 0.1) is 0 Å². The predicted octanol–water partition coefficient (Wildman–Crippen LogP) is 0.992. The second kappa shape index (κ2) is 7.14. The molecule has 0 fully saturated rings. The first kappa shape index (κ1) is 16.8. The topological polar surface area (TPSA) is 139 Å². The average Bonchev–Trinajstić information content (AvgIpc) is 2.53. The van der Waals surface area contributed by atoms with Gasteiger partial charge in [0.15, 0.2) is 6.61 Å². The molecule has 0 saturated heterocycles. The van der Waals surface area contributed by atoms with Crippen molar-refractivity contribution in [1.82, 2.24) is 0 Å².